The minimum atomic E-state index is 0.339. The van der Waals surface area contributed by atoms with Gasteiger partial charge in [-0.25, -0.2) is 0 Å². The molecule has 2 N–H and O–H groups in total. The summed E-state index contributed by atoms with van der Waals surface area (Å²) in [5.41, 5.74) is 6.83. The van der Waals surface area contributed by atoms with E-state index in [0.717, 1.165) is 19.0 Å². The Balaban J connectivity index is 2.04. The van der Waals surface area contributed by atoms with Gasteiger partial charge in [0.2, 0.25) is 0 Å². The van der Waals surface area contributed by atoms with Gasteiger partial charge in [-0.05, 0) is 44.4 Å². The molecule has 0 aromatic carbocycles. The fourth-order valence-electron chi connectivity index (χ4n) is 3.87. The first kappa shape index (κ1) is 15.3. The van der Waals surface area contributed by atoms with Gasteiger partial charge < -0.3 is 10.5 Å². The molecular formula is C16H32N2O. The first-order chi connectivity index (χ1) is 8.77. The Bertz CT molecular complexity index is 290. The van der Waals surface area contributed by atoms with Crippen molar-refractivity contribution < 1.29 is 4.74 Å². The highest BCUT2D eigenvalue weighted by Crippen LogP contribution is 2.39. The van der Waals surface area contributed by atoms with Crippen LogP contribution in [0.4, 0.5) is 0 Å². The highest BCUT2D eigenvalue weighted by Gasteiger charge is 2.39. The Morgan fingerprint density at radius 2 is 1.63 bits per heavy atom. The highest BCUT2D eigenvalue weighted by atomic mass is 16.5. The number of hydrogen-bond donors (Lipinski definition) is 1. The van der Waals surface area contributed by atoms with Crippen LogP contribution < -0.4 is 5.73 Å². The molecule has 3 nitrogen and oxygen atoms in total. The molecule has 1 heterocycles. The summed E-state index contributed by atoms with van der Waals surface area (Å²) in [4.78, 5) is 2.60. The van der Waals surface area contributed by atoms with Crippen LogP contribution >= 0.6 is 0 Å². The fraction of sp³-hybridized carbons (Fsp3) is 1.00. The molecule has 5 unspecified atom stereocenters. The molecule has 2 aliphatic rings. The van der Waals surface area contributed by atoms with Crippen LogP contribution in [-0.4, -0.2) is 42.3 Å². The smallest absolute Gasteiger partial charge is 0.0678 e. The summed E-state index contributed by atoms with van der Waals surface area (Å²) >= 11 is 0. The van der Waals surface area contributed by atoms with Crippen molar-refractivity contribution in [2.45, 2.75) is 78.2 Å². The van der Waals surface area contributed by atoms with Gasteiger partial charge in [-0.3, -0.25) is 4.90 Å². The second-order valence-corrected chi connectivity index (χ2v) is 7.82. The minimum Gasteiger partial charge on any atom is -0.373 e. The molecule has 5 atom stereocenters. The lowest BCUT2D eigenvalue weighted by molar-refractivity contribution is -0.0913. The molecule has 2 rings (SSSR count). The molecule has 0 radical (unpaired) electrons. The van der Waals surface area contributed by atoms with Crippen LogP contribution in [-0.2, 0) is 4.74 Å². The van der Waals surface area contributed by atoms with Gasteiger partial charge in [0.05, 0.1) is 12.2 Å². The molecule has 1 saturated carbocycles. The summed E-state index contributed by atoms with van der Waals surface area (Å²) in [6.07, 6.45) is 4.39. The van der Waals surface area contributed by atoms with Gasteiger partial charge >= 0.3 is 0 Å². The van der Waals surface area contributed by atoms with Gasteiger partial charge in [0.25, 0.3) is 0 Å². The lowest BCUT2D eigenvalue weighted by Gasteiger charge is -2.48. The average Bonchev–Trinajstić information content (AvgIpc) is 2.26. The first-order valence-electron chi connectivity index (χ1n) is 7.92. The van der Waals surface area contributed by atoms with Crippen LogP contribution in [0.2, 0.25) is 0 Å². The number of rotatable bonds is 1. The van der Waals surface area contributed by atoms with Gasteiger partial charge in [0, 0.05) is 25.2 Å². The number of morpholine rings is 1. The molecule has 0 amide bonds. The van der Waals surface area contributed by atoms with E-state index in [2.05, 4.69) is 39.5 Å². The van der Waals surface area contributed by atoms with Crippen LogP contribution in [0.25, 0.3) is 0 Å². The average molecular weight is 268 g/mol. The molecular weight excluding hydrogens is 236 g/mol. The zero-order valence-corrected chi connectivity index (χ0v) is 13.4. The van der Waals surface area contributed by atoms with Crippen LogP contribution in [0.5, 0.6) is 0 Å². The van der Waals surface area contributed by atoms with Crippen molar-refractivity contribution in [2.24, 2.45) is 17.1 Å². The van der Waals surface area contributed by atoms with Crippen LogP contribution in [0.15, 0.2) is 0 Å². The van der Waals surface area contributed by atoms with Crippen LogP contribution in [0, 0.1) is 11.3 Å². The van der Waals surface area contributed by atoms with Crippen molar-refractivity contribution in [3.05, 3.63) is 0 Å². The zero-order chi connectivity index (χ0) is 14.2. The van der Waals surface area contributed by atoms with Crippen LogP contribution in [0.1, 0.15) is 53.9 Å². The van der Waals surface area contributed by atoms with E-state index in [1.807, 2.05) is 0 Å². The van der Waals surface area contributed by atoms with E-state index in [-0.39, 0.29) is 0 Å². The predicted molar refractivity (Wildman–Crippen MR) is 80.1 cm³/mol. The second kappa shape index (κ2) is 5.71. The maximum Gasteiger partial charge on any atom is 0.0678 e. The van der Waals surface area contributed by atoms with Gasteiger partial charge in [-0.2, -0.15) is 0 Å². The predicted octanol–water partition coefficient (Wildman–Crippen LogP) is 2.64. The summed E-state index contributed by atoms with van der Waals surface area (Å²) in [6, 6.07) is 0.892. The summed E-state index contributed by atoms with van der Waals surface area (Å²) in [5.74, 6) is 0.797. The maximum absolute atomic E-state index is 6.42. The number of nitrogens with zero attached hydrogens (tertiary/aromatic N) is 1. The summed E-state index contributed by atoms with van der Waals surface area (Å²) in [6.45, 7) is 13.6. The van der Waals surface area contributed by atoms with Crippen molar-refractivity contribution in [3.63, 3.8) is 0 Å². The van der Waals surface area contributed by atoms with Crippen molar-refractivity contribution >= 4 is 0 Å². The van der Waals surface area contributed by atoms with E-state index >= 15 is 0 Å². The third-order valence-electron chi connectivity index (χ3n) is 5.01. The van der Waals surface area contributed by atoms with Gasteiger partial charge in [-0.1, -0.05) is 20.8 Å². The quantitative estimate of drug-likeness (QED) is 0.794. The van der Waals surface area contributed by atoms with E-state index in [1.165, 1.54) is 19.3 Å². The number of nitrogens with two attached hydrogens (primary N) is 1. The lowest BCUT2D eigenvalue weighted by atomic mass is 9.69. The molecule has 1 aliphatic carbocycles. The molecule has 0 spiro atoms. The van der Waals surface area contributed by atoms with Crippen molar-refractivity contribution in [2.75, 3.05) is 13.1 Å². The van der Waals surface area contributed by atoms with E-state index in [1.54, 1.807) is 0 Å². The van der Waals surface area contributed by atoms with E-state index in [0.29, 0.717) is 29.7 Å². The lowest BCUT2D eigenvalue weighted by Crippen LogP contribution is -2.58. The molecule has 19 heavy (non-hydrogen) atoms. The molecule has 112 valence electrons. The Labute approximate surface area is 118 Å². The molecule has 0 aromatic rings. The van der Waals surface area contributed by atoms with Crippen molar-refractivity contribution in [1.82, 2.24) is 4.90 Å². The Kier molecular flexibility index (Phi) is 4.59. The molecule has 0 bridgehead atoms. The molecule has 2 fully saturated rings. The minimum absolute atomic E-state index is 0.339. The second-order valence-electron chi connectivity index (χ2n) is 7.82. The standard InChI is InChI=1S/C16H32N2O/c1-11-9-18(10-12(2)19-11)15-8-13(16(3,4)5)6-7-14(15)17/h11-15H,6-10,17H2,1-5H3. The summed E-state index contributed by atoms with van der Waals surface area (Å²) in [5, 5.41) is 0. The first-order valence-corrected chi connectivity index (χ1v) is 7.92. The van der Waals surface area contributed by atoms with Crippen molar-refractivity contribution in [1.29, 1.82) is 0 Å². The fourth-order valence-corrected chi connectivity index (χ4v) is 3.87. The van der Waals surface area contributed by atoms with E-state index in [4.69, 9.17) is 10.5 Å². The van der Waals surface area contributed by atoms with Gasteiger partial charge in [0.1, 0.15) is 0 Å². The normalized spacial score (nSPS) is 42.3. The topological polar surface area (TPSA) is 38.5 Å². The Morgan fingerprint density at radius 1 is 1.05 bits per heavy atom. The molecule has 0 aromatic heterocycles. The van der Waals surface area contributed by atoms with Gasteiger partial charge in [-0.15, -0.1) is 0 Å². The summed E-state index contributed by atoms with van der Waals surface area (Å²) < 4.78 is 5.85. The third-order valence-corrected chi connectivity index (χ3v) is 5.01. The van der Waals surface area contributed by atoms with E-state index < -0.39 is 0 Å². The maximum atomic E-state index is 6.42. The zero-order valence-electron chi connectivity index (χ0n) is 13.4. The van der Waals surface area contributed by atoms with Crippen molar-refractivity contribution in [3.8, 4) is 0 Å². The summed E-state index contributed by atoms with van der Waals surface area (Å²) in [7, 11) is 0. The van der Waals surface area contributed by atoms with E-state index in [9.17, 15) is 0 Å². The Hall–Kier alpha value is -0.120. The van der Waals surface area contributed by atoms with Gasteiger partial charge in [0.15, 0.2) is 0 Å². The number of ether oxygens (including phenoxy) is 1. The number of hydrogen-bond acceptors (Lipinski definition) is 3. The highest BCUT2D eigenvalue weighted by molar-refractivity contribution is 4.94. The molecule has 1 saturated heterocycles. The molecule has 3 heteroatoms. The third kappa shape index (κ3) is 3.71. The SMILES string of the molecule is CC1CN(C2CC(C(C)(C)C)CCC2N)CC(C)O1. The van der Waals surface area contributed by atoms with Crippen LogP contribution in [0.3, 0.4) is 0 Å². The monoisotopic (exact) mass is 268 g/mol. The largest absolute Gasteiger partial charge is 0.373 e. The molecule has 1 aliphatic heterocycles. The Morgan fingerprint density at radius 3 is 2.16 bits per heavy atom.